The number of benzene rings is 1. The van der Waals surface area contributed by atoms with Gasteiger partial charge in [-0.3, -0.25) is 0 Å². The molecule has 0 unspecified atom stereocenters. The van der Waals surface area contributed by atoms with Gasteiger partial charge in [0.2, 0.25) is 0 Å². The Bertz CT molecular complexity index is 429. The minimum absolute atomic E-state index is 0.245. The Kier molecular flexibility index (Phi) is 2.55. The van der Waals surface area contributed by atoms with Crippen LogP contribution in [0.1, 0.15) is 17.7 Å². The van der Waals surface area contributed by atoms with Crippen molar-refractivity contribution in [1.29, 1.82) is 0 Å². The minimum Gasteiger partial charge on any atom is -0.461 e. The summed E-state index contributed by atoms with van der Waals surface area (Å²) in [6, 6.07) is 8.24. The molecular weight excluding hydrogens is 176 g/mol. The van der Waals surface area contributed by atoms with E-state index in [-0.39, 0.29) is 6.61 Å². The van der Waals surface area contributed by atoms with Crippen LogP contribution >= 0.6 is 0 Å². The Hall–Kier alpha value is -1.28. The molecule has 1 aromatic heterocycles. The van der Waals surface area contributed by atoms with Gasteiger partial charge < -0.3 is 9.52 Å². The summed E-state index contributed by atoms with van der Waals surface area (Å²) in [5.74, 6) is 0.944. The molecule has 1 heterocycles. The molecule has 2 aromatic rings. The molecule has 2 heteroatoms. The second-order valence-corrected chi connectivity index (χ2v) is 3.56. The maximum atomic E-state index is 8.72. The molecule has 0 aliphatic rings. The third-order valence-corrected chi connectivity index (χ3v) is 2.33. The summed E-state index contributed by atoms with van der Waals surface area (Å²) in [5, 5.41) is 9.87. The first-order valence-electron chi connectivity index (χ1n) is 4.89. The Morgan fingerprint density at radius 3 is 2.93 bits per heavy atom. The highest BCUT2D eigenvalue weighted by Gasteiger charge is 2.01. The van der Waals surface area contributed by atoms with E-state index in [4.69, 9.17) is 9.52 Å². The molecular formula is C12H14O2. The zero-order chi connectivity index (χ0) is 9.97. The number of aliphatic hydroxyl groups excluding tert-OH is 1. The normalized spacial score (nSPS) is 11.0. The first kappa shape index (κ1) is 9.28. The first-order valence-corrected chi connectivity index (χ1v) is 4.89. The fraction of sp³-hybridized carbons (Fsp3) is 0.333. The van der Waals surface area contributed by atoms with Gasteiger partial charge in [-0.1, -0.05) is 12.1 Å². The van der Waals surface area contributed by atoms with Gasteiger partial charge >= 0.3 is 0 Å². The lowest BCUT2D eigenvalue weighted by Crippen LogP contribution is -1.88. The number of fused-ring (bicyclic) bond motifs is 1. The number of rotatable bonds is 3. The second-order valence-electron chi connectivity index (χ2n) is 3.56. The van der Waals surface area contributed by atoms with Crippen LogP contribution in [0.25, 0.3) is 11.0 Å². The van der Waals surface area contributed by atoms with Crippen molar-refractivity contribution < 1.29 is 9.52 Å². The van der Waals surface area contributed by atoms with E-state index in [1.165, 1.54) is 5.56 Å². The highest BCUT2D eigenvalue weighted by Crippen LogP contribution is 2.20. The van der Waals surface area contributed by atoms with Crippen LogP contribution in [0.5, 0.6) is 0 Å². The lowest BCUT2D eigenvalue weighted by atomic mass is 10.1. The molecule has 0 atom stereocenters. The van der Waals surface area contributed by atoms with Crippen molar-refractivity contribution in [3.63, 3.8) is 0 Å². The maximum absolute atomic E-state index is 8.72. The van der Waals surface area contributed by atoms with Crippen molar-refractivity contribution in [2.45, 2.75) is 19.8 Å². The second kappa shape index (κ2) is 3.84. The summed E-state index contributed by atoms with van der Waals surface area (Å²) < 4.78 is 5.53. The smallest absolute Gasteiger partial charge is 0.134 e. The van der Waals surface area contributed by atoms with E-state index in [9.17, 15) is 0 Å². The Morgan fingerprint density at radius 2 is 2.14 bits per heavy atom. The van der Waals surface area contributed by atoms with Crippen LogP contribution in [0.2, 0.25) is 0 Å². The van der Waals surface area contributed by atoms with E-state index in [1.54, 1.807) is 0 Å². The Morgan fingerprint density at radius 1 is 1.29 bits per heavy atom. The van der Waals surface area contributed by atoms with Gasteiger partial charge in [0.05, 0.1) is 0 Å². The summed E-state index contributed by atoms with van der Waals surface area (Å²) in [4.78, 5) is 0. The van der Waals surface area contributed by atoms with Gasteiger partial charge in [0.15, 0.2) is 0 Å². The van der Waals surface area contributed by atoms with Crippen molar-refractivity contribution >= 4 is 11.0 Å². The topological polar surface area (TPSA) is 33.4 Å². The van der Waals surface area contributed by atoms with E-state index in [2.05, 4.69) is 18.2 Å². The van der Waals surface area contributed by atoms with Gasteiger partial charge in [-0.25, -0.2) is 0 Å². The molecule has 0 aliphatic heterocycles. The molecule has 74 valence electrons. The van der Waals surface area contributed by atoms with Crippen LogP contribution < -0.4 is 0 Å². The molecule has 0 aliphatic carbocycles. The lowest BCUT2D eigenvalue weighted by Gasteiger charge is -1.98. The molecule has 2 nitrogen and oxygen atoms in total. The molecule has 0 radical (unpaired) electrons. The van der Waals surface area contributed by atoms with Gasteiger partial charge in [-0.15, -0.1) is 0 Å². The average molecular weight is 190 g/mol. The van der Waals surface area contributed by atoms with Gasteiger partial charge in [0, 0.05) is 12.0 Å². The summed E-state index contributed by atoms with van der Waals surface area (Å²) in [6.07, 6.45) is 1.72. The van der Waals surface area contributed by atoms with E-state index in [0.717, 1.165) is 29.6 Å². The van der Waals surface area contributed by atoms with Crippen LogP contribution in [0.4, 0.5) is 0 Å². The standard InChI is InChI=1S/C12H14O2/c1-9-7-11-5-4-10(3-2-6-13)8-12(11)14-9/h4-5,7-8,13H,2-3,6H2,1H3. The number of aryl methyl sites for hydroxylation is 2. The molecule has 0 spiro atoms. The first-order chi connectivity index (χ1) is 6.79. The van der Waals surface area contributed by atoms with Gasteiger partial charge in [-0.2, -0.15) is 0 Å². The van der Waals surface area contributed by atoms with Gasteiger partial charge in [0.25, 0.3) is 0 Å². The average Bonchev–Trinajstić information content (AvgIpc) is 2.54. The van der Waals surface area contributed by atoms with Gasteiger partial charge in [-0.05, 0) is 37.5 Å². The van der Waals surface area contributed by atoms with Crippen LogP contribution in [-0.2, 0) is 6.42 Å². The predicted molar refractivity (Wildman–Crippen MR) is 56.4 cm³/mol. The number of aliphatic hydroxyl groups is 1. The molecule has 2 rings (SSSR count). The molecule has 1 aromatic carbocycles. The summed E-state index contributed by atoms with van der Waals surface area (Å²) in [6.45, 7) is 2.20. The zero-order valence-corrected chi connectivity index (χ0v) is 8.29. The van der Waals surface area contributed by atoms with Crippen molar-refractivity contribution in [2.24, 2.45) is 0 Å². The molecule has 0 saturated heterocycles. The number of hydrogen-bond acceptors (Lipinski definition) is 2. The van der Waals surface area contributed by atoms with Crippen molar-refractivity contribution in [3.05, 3.63) is 35.6 Å². The van der Waals surface area contributed by atoms with E-state index in [0.29, 0.717) is 0 Å². The third-order valence-electron chi connectivity index (χ3n) is 2.33. The molecule has 1 N–H and O–H groups in total. The van der Waals surface area contributed by atoms with E-state index in [1.807, 2.05) is 13.0 Å². The third kappa shape index (κ3) is 1.80. The van der Waals surface area contributed by atoms with Crippen molar-refractivity contribution in [1.82, 2.24) is 0 Å². The maximum Gasteiger partial charge on any atom is 0.134 e. The molecule has 14 heavy (non-hydrogen) atoms. The predicted octanol–water partition coefficient (Wildman–Crippen LogP) is 2.67. The van der Waals surface area contributed by atoms with Crippen LogP contribution in [0.3, 0.4) is 0 Å². The van der Waals surface area contributed by atoms with E-state index >= 15 is 0 Å². The zero-order valence-electron chi connectivity index (χ0n) is 8.29. The summed E-state index contributed by atoms with van der Waals surface area (Å²) in [7, 11) is 0. The highest BCUT2D eigenvalue weighted by atomic mass is 16.3. The van der Waals surface area contributed by atoms with Crippen LogP contribution in [0.15, 0.2) is 28.7 Å². The van der Waals surface area contributed by atoms with Crippen LogP contribution in [-0.4, -0.2) is 11.7 Å². The largest absolute Gasteiger partial charge is 0.461 e. The Labute approximate surface area is 83.2 Å². The van der Waals surface area contributed by atoms with Crippen molar-refractivity contribution in [2.75, 3.05) is 6.61 Å². The Balaban J connectivity index is 2.31. The monoisotopic (exact) mass is 190 g/mol. The SMILES string of the molecule is Cc1cc2ccc(CCCO)cc2o1. The quantitative estimate of drug-likeness (QED) is 0.807. The molecule has 0 amide bonds. The molecule has 0 saturated carbocycles. The number of hydrogen-bond donors (Lipinski definition) is 1. The fourth-order valence-corrected chi connectivity index (χ4v) is 1.65. The summed E-state index contributed by atoms with van der Waals surface area (Å²) in [5.41, 5.74) is 2.17. The summed E-state index contributed by atoms with van der Waals surface area (Å²) >= 11 is 0. The fourth-order valence-electron chi connectivity index (χ4n) is 1.65. The number of furan rings is 1. The molecule has 0 fully saturated rings. The minimum atomic E-state index is 0.245. The van der Waals surface area contributed by atoms with Crippen molar-refractivity contribution in [3.8, 4) is 0 Å². The van der Waals surface area contributed by atoms with E-state index < -0.39 is 0 Å². The lowest BCUT2D eigenvalue weighted by molar-refractivity contribution is 0.288. The van der Waals surface area contributed by atoms with Crippen LogP contribution in [0, 0.1) is 6.92 Å². The highest BCUT2D eigenvalue weighted by molar-refractivity contribution is 5.78. The molecule has 0 bridgehead atoms. The van der Waals surface area contributed by atoms with Gasteiger partial charge in [0.1, 0.15) is 11.3 Å².